The fourth-order valence-electron chi connectivity index (χ4n) is 1.27. The van der Waals surface area contributed by atoms with Crippen LogP contribution in [0.4, 0.5) is 13.2 Å². The van der Waals surface area contributed by atoms with Crippen LogP contribution in [-0.2, 0) is 6.18 Å². The largest absolute Gasteiger partial charge is 0.475 e. The maximum Gasteiger partial charge on any atom is 0.437 e. The first-order valence-electron chi connectivity index (χ1n) is 4.61. The number of oxazole rings is 1. The fraction of sp³-hybridized carbons (Fsp3) is 0.100. The van der Waals surface area contributed by atoms with Gasteiger partial charge in [0, 0.05) is 12.4 Å². The monoisotopic (exact) mass is 258 g/mol. The van der Waals surface area contributed by atoms with Crippen molar-refractivity contribution in [3.8, 4) is 11.5 Å². The maximum atomic E-state index is 12.5. The van der Waals surface area contributed by atoms with Gasteiger partial charge in [0.15, 0.2) is 5.69 Å². The molecule has 2 rings (SSSR count). The van der Waals surface area contributed by atoms with Gasteiger partial charge in [-0.3, -0.25) is 4.98 Å². The minimum atomic E-state index is -4.89. The smallest absolute Gasteiger partial charge is 0.437 e. The third kappa shape index (κ3) is 2.17. The number of aromatic carboxylic acids is 1. The molecule has 0 atom stereocenters. The third-order valence-electron chi connectivity index (χ3n) is 2.00. The quantitative estimate of drug-likeness (QED) is 0.895. The second-order valence-corrected chi connectivity index (χ2v) is 3.24. The van der Waals surface area contributed by atoms with E-state index in [-0.39, 0.29) is 5.56 Å². The van der Waals surface area contributed by atoms with E-state index >= 15 is 0 Å². The Balaban J connectivity index is 2.57. The number of carbonyl (C=O) groups is 1. The summed E-state index contributed by atoms with van der Waals surface area (Å²) in [5.41, 5.74) is -1.40. The Labute approximate surface area is 97.9 Å². The zero-order valence-corrected chi connectivity index (χ0v) is 8.60. The lowest BCUT2D eigenvalue weighted by Gasteiger charge is -2.00. The van der Waals surface area contributed by atoms with Gasteiger partial charge in [0.1, 0.15) is 0 Å². The highest BCUT2D eigenvalue weighted by Crippen LogP contribution is 2.34. The van der Waals surface area contributed by atoms with Crippen LogP contribution >= 0.6 is 0 Å². The molecular formula is C10H5F3N2O3. The van der Waals surface area contributed by atoms with Gasteiger partial charge in [-0.1, -0.05) is 0 Å². The van der Waals surface area contributed by atoms with Crippen LogP contribution in [0.5, 0.6) is 0 Å². The summed E-state index contributed by atoms with van der Waals surface area (Å²) < 4.78 is 42.2. The Hall–Kier alpha value is -2.38. The second-order valence-electron chi connectivity index (χ2n) is 3.24. The Morgan fingerprint density at radius 1 is 1.39 bits per heavy atom. The van der Waals surface area contributed by atoms with Crippen molar-refractivity contribution in [1.82, 2.24) is 9.97 Å². The van der Waals surface area contributed by atoms with Gasteiger partial charge in [-0.25, -0.2) is 9.78 Å². The number of carboxylic acid groups (broad SMARTS) is 1. The minimum Gasteiger partial charge on any atom is -0.475 e. The maximum absolute atomic E-state index is 12.5. The molecule has 5 nitrogen and oxygen atoms in total. The number of rotatable bonds is 2. The first-order valence-corrected chi connectivity index (χ1v) is 4.61. The Morgan fingerprint density at radius 3 is 2.56 bits per heavy atom. The highest BCUT2D eigenvalue weighted by molar-refractivity contribution is 5.86. The lowest BCUT2D eigenvalue weighted by Crippen LogP contribution is -2.11. The topological polar surface area (TPSA) is 76.2 Å². The lowest BCUT2D eigenvalue weighted by molar-refractivity contribution is -0.141. The number of alkyl halides is 3. The van der Waals surface area contributed by atoms with Crippen molar-refractivity contribution in [3.05, 3.63) is 36.0 Å². The van der Waals surface area contributed by atoms with Crippen molar-refractivity contribution in [2.45, 2.75) is 6.18 Å². The van der Waals surface area contributed by atoms with E-state index in [4.69, 9.17) is 5.11 Å². The molecule has 0 amide bonds. The van der Waals surface area contributed by atoms with Crippen molar-refractivity contribution in [3.63, 3.8) is 0 Å². The van der Waals surface area contributed by atoms with Gasteiger partial charge in [-0.2, -0.15) is 13.2 Å². The molecule has 0 aliphatic heterocycles. The molecule has 2 aromatic heterocycles. The summed E-state index contributed by atoms with van der Waals surface area (Å²) in [5, 5.41) is 8.64. The molecule has 0 saturated carbocycles. The molecule has 18 heavy (non-hydrogen) atoms. The lowest BCUT2D eigenvalue weighted by atomic mass is 10.3. The van der Waals surface area contributed by atoms with Gasteiger partial charge in [-0.05, 0) is 12.1 Å². The van der Waals surface area contributed by atoms with Gasteiger partial charge in [-0.15, -0.1) is 0 Å². The summed E-state index contributed by atoms with van der Waals surface area (Å²) in [7, 11) is 0. The molecule has 0 fully saturated rings. The van der Waals surface area contributed by atoms with Gasteiger partial charge in [0.25, 0.3) is 0 Å². The van der Waals surface area contributed by atoms with Gasteiger partial charge in [0.2, 0.25) is 11.7 Å². The standard InChI is InChI=1S/C10H5F3N2O3/c11-10(12,13)7-6(9(16)17)18-8(15-7)5-2-1-3-14-4-5/h1-4H,(H,16,17). The molecule has 0 aliphatic rings. The summed E-state index contributed by atoms with van der Waals surface area (Å²) in [4.78, 5) is 17.5. The first kappa shape index (κ1) is 12.1. The molecule has 0 radical (unpaired) electrons. The highest BCUT2D eigenvalue weighted by atomic mass is 19.4. The normalized spacial score (nSPS) is 11.5. The summed E-state index contributed by atoms with van der Waals surface area (Å²) in [6.07, 6.45) is -2.26. The molecule has 0 aromatic carbocycles. The van der Waals surface area contributed by atoms with Crippen molar-refractivity contribution in [1.29, 1.82) is 0 Å². The van der Waals surface area contributed by atoms with Crippen LogP contribution in [0.15, 0.2) is 28.9 Å². The van der Waals surface area contributed by atoms with E-state index in [9.17, 15) is 18.0 Å². The van der Waals surface area contributed by atoms with E-state index in [1.807, 2.05) is 0 Å². The molecule has 2 aromatic rings. The van der Waals surface area contributed by atoms with Crippen LogP contribution < -0.4 is 0 Å². The number of hydrogen-bond donors (Lipinski definition) is 1. The minimum absolute atomic E-state index is 0.162. The predicted octanol–water partition coefficient (Wildman–Crippen LogP) is 2.45. The fourth-order valence-corrected chi connectivity index (χ4v) is 1.27. The van der Waals surface area contributed by atoms with Crippen LogP contribution in [0, 0.1) is 0 Å². The van der Waals surface area contributed by atoms with Gasteiger partial charge >= 0.3 is 12.1 Å². The molecular weight excluding hydrogens is 253 g/mol. The van der Waals surface area contributed by atoms with Crippen molar-refractivity contribution in [2.75, 3.05) is 0 Å². The van der Waals surface area contributed by atoms with Crippen LogP contribution in [0.3, 0.4) is 0 Å². The Kier molecular flexibility index (Phi) is 2.77. The molecule has 0 spiro atoms. The number of halogens is 3. The number of aromatic nitrogens is 2. The first-order chi connectivity index (χ1) is 8.39. The SMILES string of the molecule is O=C(O)c1oc(-c2cccnc2)nc1C(F)(F)F. The van der Waals surface area contributed by atoms with Crippen molar-refractivity contribution in [2.24, 2.45) is 0 Å². The predicted molar refractivity (Wildman–Crippen MR) is 51.7 cm³/mol. The van der Waals surface area contributed by atoms with Crippen LogP contribution in [0.1, 0.15) is 16.2 Å². The van der Waals surface area contributed by atoms with Gasteiger partial charge in [0.05, 0.1) is 5.56 Å². The summed E-state index contributed by atoms with van der Waals surface area (Å²) in [6.45, 7) is 0. The average Bonchev–Trinajstić information content (AvgIpc) is 2.74. The zero-order chi connectivity index (χ0) is 13.3. The highest BCUT2D eigenvalue weighted by Gasteiger charge is 2.41. The van der Waals surface area contributed by atoms with E-state index in [0.717, 1.165) is 0 Å². The summed E-state index contributed by atoms with van der Waals surface area (Å²) in [5.74, 6) is -3.50. The third-order valence-corrected chi connectivity index (χ3v) is 2.00. The van der Waals surface area contributed by atoms with E-state index in [1.54, 1.807) is 0 Å². The number of hydrogen-bond acceptors (Lipinski definition) is 4. The molecule has 0 saturated heterocycles. The molecule has 0 aliphatic carbocycles. The summed E-state index contributed by atoms with van der Waals surface area (Å²) >= 11 is 0. The number of pyridine rings is 1. The van der Waals surface area contributed by atoms with Crippen molar-refractivity contribution < 1.29 is 27.5 Å². The number of carboxylic acids is 1. The van der Waals surface area contributed by atoms with Crippen molar-refractivity contribution >= 4 is 5.97 Å². The molecule has 8 heteroatoms. The van der Waals surface area contributed by atoms with E-state index in [1.165, 1.54) is 24.5 Å². The average molecular weight is 258 g/mol. The van der Waals surface area contributed by atoms with Crippen LogP contribution in [-0.4, -0.2) is 21.0 Å². The summed E-state index contributed by atoms with van der Waals surface area (Å²) in [6, 6.07) is 2.87. The Bertz CT molecular complexity index is 578. The van der Waals surface area contributed by atoms with Crippen LogP contribution in [0.2, 0.25) is 0 Å². The van der Waals surface area contributed by atoms with E-state index in [2.05, 4.69) is 14.4 Å². The number of nitrogens with zero attached hydrogens (tertiary/aromatic N) is 2. The second kappa shape index (κ2) is 4.13. The zero-order valence-electron chi connectivity index (χ0n) is 8.60. The van der Waals surface area contributed by atoms with Crippen LogP contribution in [0.25, 0.3) is 11.5 Å². The molecule has 1 N–H and O–H groups in total. The van der Waals surface area contributed by atoms with Gasteiger partial charge < -0.3 is 9.52 Å². The molecule has 94 valence electrons. The molecule has 0 unspecified atom stereocenters. The van der Waals surface area contributed by atoms with E-state index < -0.39 is 29.5 Å². The molecule has 2 heterocycles. The van der Waals surface area contributed by atoms with E-state index in [0.29, 0.717) is 0 Å². The molecule has 0 bridgehead atoms. The Morgan fingerprint density at radius 2 is 2.11 bits per heavy atom.